The van der Waals surface area contributed by atoms with Crippen LogP contribution >= 0.6 is 0 Å². The summed E-state index contributed by atoms with van der Waals surface area (Å²) in [5.74, 6) is -0.101. The fourth-order valence-electron chi connectivity index (χ4n) is 4.44. The molecule has 0 spiro atoms. The van der Waals surface area contributed by atoms with Crippen LogP contribution in [-0.2, 0) is 20.9 Å². The van der Waals surface area contributed by atoms with Crippen LogP contribution < -0.4 is 0 Å². The standard InChI is InChI=1S/C21H24F3N3O4S/c1-20(2,3)31-19(28)27-8-7-14-11-26(12-16(14)27)32(29,30)17-6-4-5-13-9-25-10-15(18(13)17)21(22,23)24/h4-6,9-10,14,16H,7-8,11-12H2,1-3H3/t14-,16+/m0/s1. The third kappa shape index (κ3) is 4.03. The second kappa shape index (κ2) is 7.58. The van der Waals surface area contributed by atoms with Gasteiger partial charge in [0.25, 0.3) is 0 Å². The quantitative estimate of drug-likeness (QED) is 0.664. The van der Waals surface area contributed by atoms with E-state index < -0.39 is 43.7 Å². The Kier molecular flexibility index (Phi) is 5.40. The Labute approximate surface area is 184 Å². The normalized spacial score (nSPS) is 22.4. The number of hydrogen-bond donors (Lipinski definition) is 0. The minimum absolute atomic E-state index is 0.00899. The number of carbonyl (C=O) groups excluding carboxylic acids is 1. The average Bonchev–Trinajstić information content (AvgIpc) is 3.26. The summed E-state index contributed by atoms with van der Waals surface area (Å²) < 4.78 is 74.4. The van der Waals surface area contributed by atoms with Gasteiger partial charge < -0.3 is 9.64 Å². The summed E-state index contributed by atoms with van der Waals surface area (Å²) in [6.45, 7) is 5.84. The monoisotopic (exact) mass is 471 g/mol. The highest BCUT2D eigenvalue weighted by Crippen LogP contribution is 2.40. The topological polar surface area (TPSA) is 79.8 Å². The Hall–Kier alpha value is -2.40. The SMILES string of the molecule is CC(C)(C)OC(=O)N1CC[C@H]2CN(S(=O)(=O)c3cccc4cncc(C(F)(F)F)c34)C[C@H]21. The molecule has 0 N–H and O–H groups in total. The molecule has 0 bridgehead atoms. The van der Waals surface area contributed by atoms with E-state index in [1.807, 2.05) is 0 Å². The Morgan fingerprint density at radius 2 is 1.88 bits per heavy atom. The smallest absolute Gasteiger partial charge is 0.418 e. The van der Waals surface area contributed by atoms with Crippen LogP contribution in [-0.4, -0.2) is 60.0 Å². The van der Waals surface area contributed by atoms with E-state index >= 15 is 0 Å². The lowest BCUT2D eigenvalue weighted by Gasteiger charge is -2.28. The lowest BCUT2D eigenvalue weighted by molar-refractivity contribution is -0.136. The first-order valence-electron chi connectivity index (χ1n) is 10.2. The van der Waals surface area contributed by atoms with Crippen molar-refractivity contribution in [3.8, 4) is 0 Å². The van der Waals surface area contributed by atoms with E-state index in [9.17, 15) is 26.4 Å². The molecule has 2 aliphatic rings. The lowest BCUT2D eigenvalue weighted by atomic mass is 10.1. The highest BCUT2D eigenvalue weighted by molar-refractivity contribution is 7.89. The number of sulfonamides is 1. The number of nitrogens with zero attached hydrogens (tertiary/aromatic N) is 3. The number of fused-ring (bicyclic) bond motifs is 2. The number of likely N-dealkylation sites (tertiary alicyclic amines) is 1. The summed E-state index contributed by atoms with van der Waals surface area (Å²) in [7, 11) is -4.25. The van der Waals surface area contributed by atoms with E-state index in [1.54, 1.807) is 20.8 Å². The van der Waals surface area contributed by atoms with Gasteiger partial charge in [-0.3, -0.25) is 4.98 Å². The number of carbonyl (C=O) groups is 1. The van der Waals surface area contributed by atoms with Gasteiger partial charge in [0.05, 0.1) is 16.5 Å². The lowest BCUT2D eigenvalue weighted by Crippen LogP contribution is -2.43. The van der Waals surface area contributed by atoms with Crippen molar-refractivity contribution in [2.24, 2.45) is 5.92 Å². The zero-order valence-corrected chi connectivity index (χ0v) is 18.7. The second-order valence-corrected chi connectivity index (χ2v) is 11.1. The number of halogens is 3. The number of ether oxygens (including phenoxy) is 1. The third-order valence-electron chi connectivity index (χ3n) is 5.81. The van der Waals surface area contributed by atoms with Gasteiger partial charge in [0, 0.05) is 42.8 Å². The fraction of sp³-hybridized carbons (Fsp3) is 0.524. The molecule has 0 radical (unpaired) electrons. The first kappa shape index (κ1) is 22.8. The third-order valence-corrected chi connectivity index (χ3v) is 7.68. The minimum atomic E-state index is -4.76. The van der Waals surface area contributed by atoms with Gasteiger partial charge in [0.1, 0.15) is 5.60 Å². The predicted molar refractivity (Wildman–Crippen MR) is 110 cm³/mol. The molecule has 3 heterocycles. The average molecular weight is 472 g/mol. The van der Waals surface area contributed by atoms with Crippen LogP contribution in [0.2, 0.25) is 0 Å². The molecule has 2 fully saturated rings. The van der Waals surface area contributed by atoms with Crippen molar-refractivity contribution < 1.29 is 31.1 Å². The van der Waals surface area contributed by atoms with Gasteiger partial charge in [-0.15, -0.1) is 0 Å². The van der Waals surface area contributed by atoms with Crippen molar-refractivity contribution in [1.82, 2.24) is 14.2 Å². The summed E-state index contributed by atoms with van der Waals surface area (Å²) in [6, 6.07) is 3.62. The first-order chi connectivity index (χ1) is 14.8. The Balaban J connectivity index is 1.68. The second-order valence-electron chi connectivity index (χ2n) is 9.15. The van der Waals surface area contributed by atoms with Gasteiger partial charge in [-0.05, 0) is 39.2 Å². The maximum absolute atomic E-state index is 13.6. The molecule has 2 aromatic rings. The minimum Gasteiger partial charge on any atom is -0.444 e. The summed E-state index contributed by atoms with van der Waals surface area (Å²) in [6.07, 6.45) is -2.81. The first-order valence-corrected chi connectivity index (χ1v) is 11.7. The van der Waals surface area contributed by atoms with Crippen LogP contribution in [0.3, 0.4) is 0 Å². The molecule has 0 aliphatic carbocycles. The molecular weight excluding hydrogens is 447 g/mol. The number of aromatic nitrogens is 1. The summed E-state index contributed by atoms with van der Waals surface area (Å²) in [4.78, 5) is 17.3. The number of benzene rings is 1. The number of amides is 1. The molecule has 2 atom stereocenters. The molecule has 174 valence electrons. The van der Waals surface area contributed by atoms with Gasteiger partial charge >= 0.3 is 12.3 Å². The zero-order chi connectivity index (χ0) is 23.5. The summed E-state index contributed by atoms with van der Waals surface area (Å²) >= 11 is 0. The number of rotatable bonds is 2. The molecule has 0 unspecified atom stereocenters. The van der Waals surface area contributed by atoms with Crippen molar-refractivity contribution in [2.45, 2.75) is 49.9 Å². The maximum atomic E-state index is 13.6. The molecule has 32 heavy (non-hydrogen) atoms. The van der Waals surface area contributed by atoms with Crippen molar-refractivity contribution >= 4 is 26.9 Å². The summed E-state index contributed by atoms with van der Waals surface area (Å²) in [5, 5.41) is -0.299. The molecule has 1 aromatic heterocycles. The molecule has 1 aromatic carbocycles. The molecular formula is C21H24F3N3O4S. The van der Waals surface area contributed by atoms with Gasteiger partial charge in [-0.2, -0.15) is 17.5 Å². The van der Waals surface area contributed by atoms with Crippen LogP contribution in [0.25, 0.3) is 10.8 Å². The van der Waals surface area contributed by atoms with Crippen molar-refractivity contribution in [3.05, 3.63) is 36.2 Å². The largest absolute Gasteiger partial charge is 0.444 e. The highest BCUT2D eigenvalue weighted by Gasteiger charge is 2.48. The molecule has 0 saturated carbocycles. The van der Waals surface area contributed by atoms with E-state index in [4.69, 9.17) is 4.74 Å². The van der Waals surface area contributed by atoms with Gasteiger partial charge in [-0.1, -0.05) is 12.1 Å². The maximum Gasteiger partial charge on any atom is 0.418 e. The number of alkyl halides is 3. The molecule has 2 saturated heterocycles. The van der Waals surface area contributed by atoms with E-state index in [0.717, 1.165) is 0 Å². The number of pyridine rings is 1. The van der Waals surface area contributed by atoms with Crippen molar-refractivity contribution in [3.63, 3.8) is 0 Å². The molecule has 4 rings (SSSR count). The van der Waals surface area contributed by atoms with E-state index in [1.165, 1.54) is 33.6 Å². The van der Waals surface area contributed by atoms with Crippen LogP contribution in [0, 0.1) is 5.92 Å². The molecule has 2 aliphatic heterocycles. The number of hydrogen-bond acceptors (Lipinski definition) is 5. The van der Waals surface area contributed by atoms with Crippen LogP contribution in [0.4, 0.5) is 18.0 Å². The van der Waals surface area contributed by atoms with Gasteiger partial charge in [-0.25, -0.2) is 13.2 Å². The van der Waals surface area contributed by atoms with Gasteiger partial charge in [0.15, 0.2) is 0 Å². The Morgan fingerprint density at radius 3 is 2.53 bits per heavy atom. The van der Waals surface area contributed by atoms with E-state index in [-0.39, 0.29) is 30.4 Å². The molecule has 7 nitrogen and oxygen atoms in total. The van der Waals surface area contributed by atoms with E-state index in [2.05, 4.69) is 4.98 Å². The Bertz CT molecular complexity index is 1160. The summed E-state index contributed by atoms with van der Waals surface area (Å²) in [5.41, 5.74) is -1.78. The molecule has 11 heteroatoms. The van der Waals surface area contributed by atoms with E-state index in [0.29, 0.717) is 19.2 Å². The molecule has 1 amide bonds. The fourth-order valence-corrected chi connectivity index (χ4v) is 6.19. The van der Waals surface area contributed by atoms with Crippen molar-refractivity contribution in [1.29, 1.82) is 0 Å². The highest BCUT2D eigenvalue weighted by atomic mass is 32.2. The zero-order valence-electron chi connectivity index (χ0n) is 17.9. The van der Waals surface area contributed by atoms with Gasteiger partial charge in [0.2, 0.25) is 10.0 Å². The van der Waals surface area contributed by atoms with Crippen LogP contribution in [0.15, 0.2) is 35.5 Å². The van der Waals surface area contributed by atoms with Crippen LogP contribution in [0.5, 0.6) is 0 Å². The van der Waals surface area contributed by atoms with Crippen molar-refractivity contribution in [2.75, 3.05) is 19.6 Å². The Morgan fingerprint density at radius 1 is 1.16 bits per heavy atom. The predicted octanol–water partition coefficient (Wildman–Crippen LogP) is 3.88. The van der Waals surface area contributed by atoms with Crippen LogP contribution in [0.1, 0.15) is 32.8 Å².